The maximum Gasteiger partial charge on any atom is 0.186 e. The van der Waals surface area contributed by atoms with Gasteiger partial charge in [0, 0.05) is 12.6 Å². The number of aromatic nitrogens is 1. The molecule has 1 aromatic rings. The summed E-state index contributed by atoms with van der Waals surface area (Å²) in [5, 5.41) is 10.6. The molecular weight excluding hydrogens is 256 g/mol. The first kappa shape index (κ1) is 14.8. The summed E-state index contributed by atoms with van der Waals surface area (Å²) in [6, 6.07) is 0.634. The van der Waals surface area contributed by atoms with Gasteiger partial charge in [-0.25, -0.2) is 4.98 Å². The van der Waals surface area contributed by atoms with E-state index >= 15 is 0 Å². The predicted molar refractivity (Wildman–Crippen MR) is 81.9 cm³/mol. The van der Waals surface area contributed by atoms with E-state index in [1.807, 2.05) is 0 Å². The Morgan fingerprint density at radius 3 is 2.84 bits per heavy atom. The van der Waals surface area contributed by atoms with E-state index in [0.29, 0.717) is 6.04 Å². The average Bonchev–Trinajstić information content (AvgIpc) is 2.68. The minimum atomic E-state index is 0.137. The first-order valence-electron chi connectivity index (χ1n) is 7.66. The summed E-state index contributed by atoms with van der Waals surface area (Å²) in [5.41, 5.74) is 1.11. The molecule has 2 heterocycles. The molecule has 1 aliphatic heterocycles. The van der Waals surface area contributed by atoms with Crippen LogP contribution in [0.1, 0.15) is 62.9 Å². The summed E-state index contributed by atoms with van der Waals surface area (Å²) in [4.78, 5) is 8.38. The zero-order chi connectivity index (χ0) is 13.7. The van der Waals surface area contributed by atoms with Gasteiger partial charge in [-0.2, -0.15) is 0 Å². The molecule has 0 amide bonds. The summed E-state index contributed by atoms with van der Waals surface area (Å²) in [7, 11) is 0. The smallest absolute Gasteiger partial charge is 0.186 e. The summed E-state index contributed by atoms with van der Waals surface area (Å²) in [6.45, 7) is 5.71. The SMILES string of the molecule is CCCc1nc(N2CCCCCC2CC)sc1CO. The molecule has 1 saturated heterocycles. The fourth-order valence-corrected chi connectivity index (χ4v) is 3.97. The highest BCUT2D eigenvalue weighted by atomic mass is 32.1. The Labute approximate surface area is 120 Å². The first-order valence-corrected chi connectivity index (χ1v) is 8.47. The third-order valence-electron chi connectivity index (χ3n) is 3.99. The molecule has 0 bridgehead atoms. The second kappa shape index (κ2) is 7.25. The molecule has 0 saturated carbocycles. The molecule has 3 nitrogen and oxygen atoms in total. The number of hydrogen-bond donors (Lipinski definition) is 1. The van der Waals surface area contributed by atoms with Crippen molar-refractivity contribution >= 4 is 16.5 Å². The predicted octanol–water partition coefficient (Wildman–Crippen LogP) is 3.75. The van der Waals surface area contributed by atoms with Crippen molar-refractivity contribution < 1.29 is 5.11 Å². The quantitative estimate of drug-likeness (QED) is 0.893. The monoisotopic (exact) mass is 282 g/mol. The lowest BCUT2D eigenvalue weighted by Crippen LogP contribution is -2.34. The summed E-state index contributed by atoms with van der Waals surface area (Å²) < 4.78 is 0. The summed E-state index contributed by atoms with van der Waals surface area (Å²) in [6.07, 6.45) is 8.50. The Morgan fingerprint density at radius 2 is 2.16 bits per heavy atom. The standard InChI is InChI=1S/C15H26N2OS/c1-3-8-13-14(11-18)19-15(16-13)17-10-7-5-6-9-12(17)4-2/h12,18H,3-11H2,1-2H3. The van der Waals surface area contributed by atoms with Crippen LogP contribution in [0.2, 0.25) is 0 Å². The molecular formula is C15H26N2OS. The number of rotatable bonds is 5. The van der Waals surface area contributed by atoms with E-state index in [0.717, 1.165) is 35.1 Å². The number of aliphatic hydroxyl groups excluding tert-OH is 1. The van der Waals surface area contributed by atoms with Crippen LogP contribution < -0.4 is 4.90 Å². The maximum absolute atomic E-state index is 9.49. The topological polar surface area (TPSA) is 36.4 Å². The molecule has 1 fully saturated rings. The van der Waals surface area contributed by atoms with Crippen LogP contribution in [0.3, 0.4) is 0 Å². The molecule has 19 heavy (non-hydrogen) atoms. The number of thiazole rings is 1. The van der Waals surface area contributed by atoms with Crippen molar-refractivity contribution in [2.45, 2.75) is 71.4 Å². The molecule has 0 aromatic carbocycles. The second-order valence-corrected chi connectivity index (χ2v) is 6.44. The van der Waals surface area contributed by atoms with Gasteiger partial charge in [0.1, 0.15) is 0 Å². The van der Waals surface area contributed by atoms with Crippen molar-refractivity contribution in [2.24, 2.45) is 0 Å². The van der Waals surface area contributed by atoms with Gasteiger partial charge in [0.25, 0.3) is 0 Å². The minimum Gasteiger partial charge on any atom is -0.391 e. The van der Waals surface area contributed by atoms with E-state index in [1.54, 1.807) is 11.3 Å². The van der Waals surface area contributed by atoms with Gasteiger partial charge in [-0.15, -0.1) is 0 Å². The third kappa shape index (κ3) is 3.48. The molecule has 1 unspecified atom stereocenters. The van der Waals surface area contributed by atoms with E-state index in [9.17, 15) is 5.11 Å². The average molecular weight is 282 g/mol. The van der Waals surface area contributed by atoms with Gasteiger partial charge in [-0.1, -0.05) is 44.4 Å². The van der Waals surface area contributed by atoms with Gasteiger partial charge in [0.05, 0.1) is 17.2 Å². The molecule has 0 spiro atoms. The van der Waals surface area contributed by atoms with Crippen molar-refractivity contribution in [3.8, 4) is 0 Å². The lowest BCUT2D eigenvalue weighted by atomic mass is 10.1. The highest BCUT2D eigenvalue weighted by Crippen LogP contribution is 2.32. The van der Waals surface area contributed by atoms with Gasteiger partial charge in [-0.3, -0.25) is 0 Å². The zero-order valence-electron chi connectivity index (χ0n) is 12.2. The van der Waals surface area contributed by atoms with E-state index < -0.39 is 0 Å². The first-order chi connectivity index (χ1) is 9.30. The van der Waals surface area contributed by atoms with Crippen LogP contribution in [0.15, 0.2) is 0 Å². The van der Waals surface area contributed by atoms with Crippen LogP contribution in [0.5, 0.6) is 0 Å². The molecule has 1 atom stereocenters. The van der Waals surface area contributed by atoms with Crippen LogP contribution in [-0.4, -0.2) is 22.7 Å². The largest absolute Gasteiger partial charge is 0.391 e. The number of hydrogen-bond acceptors (Lipinski definition) is 4. The van der Waals surface area contributed by atoms with E-state index in [1.165, 1.54) is 32.1 Å². The van der Waals surface area contributed by atoms with Crippen LogP contribution >= 0.6 is 11.3 Å². The fraction of sp³-hybridized carbons (Fsp3) is 0.800. The highest BCUT2D eigenvalue weighted by Gasteiger charge is 2.23. The highest BCUT2D eigenvalue weighted by molar-refractivity contribution is 7.15. The van der Waals surface area contributed by atoms with Gasteiger partial charge in [0.2, 0.25) is 0 Å². The van der Waals surface area contributed by atoms with Crippen molar-refractivity contribution in [1.82, 2.24) is 4.98 Å². The molecule has 1 N–H and O–H groups in total. The van der Waals surface area contributed by atoms with Crippen LogP contribution in [-0.2, 0) is 13.0 Å². The Bertz CT molecular complexity index is 391. The molecule has 0 radical (unpaired) electrons. The minimum absolute atomic E-state index is 0.137. The lowest BCUT2D eigenvalue weighted by molar-refractivity contribution is 0.284. The zero-order valence-corrected chi connectivity index (χ0v) is 13.0. The molecule has 108 valence electrons. The van der Waals surface area contributed by atoms with Gasteiger partial charge >= 0.3 is 0 Å². The Kier molecular flexibility index (Phi) is 5.64. The Hall–Kier alpha value is -0.610. The molecule has 1 aromatic heterocycles. The maximum atomic E-state index is 9.49. The summed E-state index contributed by atoms with van der Waals surface area (Å²) in [5.74, 6) is 0. The van der Waals surface area contributed by atoms with E-state index in [2.05, 4.69) is 18.7 Å². The van der Waals surface area contributed by atoms with Crippen molar-refractivity contribution in [1.29, 1.82) is 0 Å². The number of aliphatic hydroxyl groups is 1. The Balaban J connectivity index is 2.22. The third-order valence-corrected chi connectivity index (χ3v) is 5.11. The molecule has 2 rings (SSSR count). The molecule has 4 heteroatoms. The van der Waals surface area contributed by atoms with Crippen molar-refractivity contribution in [2.75, 3.05) is 11.4 Å². The van der Waals surface area contributed by atoms with Gasteiger partial charge in [0.15, 0.2) is 5.13 Å². The number of nitrogens with zero attached hydrogens (tertiary/aromatic N) is 2. The lowest BCUT2D eigenvalue weighted by Gasteiger charge is -2.28. The van der Waals surface area contributed by atoms with Crippen molar-refractivity contribution in [3.05, 3.63) is 10.6 Å². The van der Waals surface area contributed by atoms with Crippen LogP contribution in [0.25, 0.3) is 0 Å². The number of anilines is 1. The molecule has 1 aliphatic rings. The van der Waals surface area contributed by atoms with Crippen LogP contribution in [0, 0.1) is 0 Å². The summed E-state index contributed by atoms with van der Waals surface area (Å²) >= 11 is 1.70. The molecule has 0 aliphatic carbocycles. The normalized spacial score (nSPS) is 20.6. The number of aryl methyl sites for hydroxylation is 1. The van der Waals surface area contributed by atoms with Crippen LogP contribution in [0.4, 0.5) is 5.13 Å². The fourth-order valence-electron chi connectivity index (χ4n) is 2.90. The van der Waals surface area contributed by atoms with E-state index in [-0.39, 0.29) is 6.61 Å². The second-order valence-electron chi connectivity index (χ2n) is 5.38. The van der Waals surface area contributed by atoms with E-state index in [4.69, 9.17) is 4.98 Å². The van der Waals surface area contributed by atoms with Gasteiger partial charge < -0.3 is 10.0 Å². The van der Waals surface area contributed by atoms with Crippen molar-refractivity contribution in [3.63, 3.8) is 0 Å². The Morgan fingerprint density at radius 1 is 1.32 bits per heavy atom. The van der Waals surface area contributed by atoms with Gasteiger partial charge in [-0.05, 0) is 25.7 Å².